The lowest BCUT2D eigenvalue weighted by molar-refractivity contribution is -0.139. The van der Waals surface area contributed by atoms with E-state index in [0.29, 0.717) is 24.3 Å². The SMILES string of the molecule is CCOc1cc(C=NNC(=O)C(=O)NN=Cc2cc(Cl)c(O)c(OCC)c2)cc(Cl)c1O. The molecule has 0 bridgehead atoms. The van der Waals surface area contributed by atoms with Gasteiger partial charge in [0.15, 0.2) is 23.0 Å². The van der Waals surface area contributed by atoms with Crippen molar-refractivity contribution in [1.29, 1.82) is 0 Å². The highest BCUT2D eigenvalue weighted by molar-refractivity contribution is 6.35. The number of rotatable bonds is 8. The van der Waals surface area contributed by atoms with Crippen LogP contribution < -0.4 is 20.3 Å². The number of carbonyl (C=O) groups is 2. The van der Waals surface area contributed by atoms with E-state index >= 15 is 0 Å². The number of hydrogen-bond donors (Lipinski definition) is 4. The Labute approximate surface area is 193 Å². The van der Waals surface area contributed by atoms with Crippen LogP contribution in [0.3, 0.4) is 0 Å². The molecule has 0 aromatic heterocycles. The van der Waals surface area contributed by atoms with Gasteiger partial charge in [0.05, 0.1) is 35.7 Å². The topological polar surface area (TPSA) is 142 Å². The molecule has 4 N–H and O–H groups in total. The summed E-state index contributed by atoms with van der Waals surface area (Å²) in [4.78, 5) is 23.7. The monoisotopic (exact) mass is 482 g/mol. The second-order valence-corrected chi connectivity index (χ2v) is 6.78. The summed E-state index contributed by atoms with van der Waals surface area (Å²) in [6.45, 7) is 4.10. The minimum atomic E-state index is -1.08. The molecule has 0 aliphatic heterocycles. The maximum atomic E-state index is 11.8. The Kier molecular flexibility index (Phi) is 9.11. The van der Waals surface area contributed by atoms with Crippen molar-refractivity contribution < 1.29 is 29.3 Å². The van der Waals surface area contributed by atoms with Gasteiger partial charge in [-0.1, -0.05) is 23.2 Å². The molecule has 2 aromatic carbocycles. The molecule has 0 aliphatic rings. The smallest absolute Gasteiger partial charge is 0.331 e. The molecule has 2 rings (SSSR count). The van der Waals surface area contributed by atoms with Gasteiger partial charge in [-0.25, -0.2) is 10.9 Å². The normalized spacial score (nSPS) is 11.0. The summed E-state index contributed by atoms with van der Waals surface area (Å²) in [5, 5.41) is 27.0. The average molecular weight is 483 g/mol. The lowest BCUT2D eigenvalue weighted by atomic mass is 10.2. The summed E-state index contributed by atoms with van der Waals surface area (Å²) in [6.07, 6.45) is 2.44. The molecule has 0 unspecified atom stereocenters. The van der Waals surface area contributed by atoms with E-state index in [1.54, 1.807) is 13.8 Å². The summed E-state index contributed by atoms with van der Waals surface area (Å²) in [5.74, 6) is -2.27. The number of aromatic hydroxyl groups is 2. The zero-order chi connectivity index (χ0) is 23.7. The van der Waals surface area contributed by atoms with Crippen molar-refractivity contribution in [2.24, 2.45) is 10.2 Å². The fourth-order valence-corrected chi connectivity index (χ4v) is 2.74. The van der Waals surface area contributed by atoms with Gasteiger partial charge in [0.1, 0.15) is 0 Å². The first-order valence-corrected chi connectivity index (χ1v) is 9.99. The molecule has 2 amide bonds. The molecule has 12 heteroatoms. The van der Waals surface area contributed by atoms with E-state index < -0.39 is 11.8 Å². The number of phenols is 2. The van der Waals surface area contributed by atoms with E-state index in [-0.39, 0.29) is 33.0 Å². The number of halogens is 2. The number of nitrogens with one attached hydrogen (secondary N) is 2. The molecule has 0 saturated heterocycles. The van der Waals surface area contributed by atoms with E-state index in [0.717, 1.165) is 0 Å². The van der Waals surface area contributed by atoms with Crippen molar-refractivity contribution in [3.05, 3.63) is 45.4 Å². The number of hydrogen-bond acceptors (Lipinski definition) is 8. The molecule has 0 aliphatic carbocycles. The molecule has 2 aromatic rings. The van der Waals surface area contributed by atoms with Gasteiger partial charge >= 0.3 is 11.8 Å². The van der Waals surface area contributed by atoms with Crippen LogP contribution in [0.1, 0.15) is 25.0 Å². The Bertz CT molecular complexity index is 975. The third-order valence-corrected chi connectivity index (χ3v) is 4.24. The molecule has 10 nitrogen and oxygen atoms in total. The van der Waals surface area contributed by atoms with Crippen molar-refractivity contribution in [1.82, 2.24) is 10.9 Å². The van der Waals surface area contributed by atoms with E-state index in [9.17, 15) is 19.8 Å². The molecule has 0 radical (unpaired) electrons. The van der Waals surface area contributed by atoms with Crippen LogP contribution in [0.4, 0.5) is 0 Å². The van der Waals surface area contributed by atoms with Gasteiger partial charge in [0.25, 0.3) is 0 Å². The van der Waals surface area contributed by atoms with Crippen LogP contribution >= 0.6 is 23.2 Å². The minimum absolute atomic E-state index is 0.0395. The van der Waals surface area contributed by atoms with Crippen LogP contribution in [0.5, 0.6) is 23.0 Å². The first-order chi connectivity index (χ1) is 15.3. The number of carbonyl (C=O) groups excluding carboxylic acids is 2. The maximum Gasteiger partial charge on any atom is 0.331 e. The Morgan fingerprint density at radius 1 is 0.844 bits per heavy atom. The highest BCUT2D eigenvalue weighted by atomic mass is 35.5. The second kappa shape index (κ2) is 11.8. The standard InChI is InChI=1S/C20H20Cl2N4O6/c1-3-31-15-7-11(5-13(21)17(15)27)9-23-25-19(29)20(30)26-24-10-12-6-14(22)18(28)16(8-12)32-4-2/h5-10,27-28H,3-4H2,1-2H3,(H,25,29)(H,26,30). The minimum Gasteiger partial charge on any atom is -0.503 e. The Morgan fingerprint density at radius 2 is 1.22 bits per heavy atom. The molecule has 170 valence electrons. The average Bonchev–Trinajstić information content (AvgIpc) is 2.75. The van der Waals surface area contributed by atoms with Crippen LogP contribution in [0.15, 0.2) is 34.5 Å². The Balaban J connectivity index is 1.96. The summed E-state index contributed by atoms with van der Waals surface area (Å²) in [7, 11) is 0. The molecular formula is C20H20Cl2N4O6. The predicted octanol–water partition coefficient (Wildman–Crippen LogP) is 2.80. The summed E-state index contributed by atoms with van der Waals surface area (Å²) in [6, 6.07) is 5.73. The van der Waals surface area contributed by atoms with Crippen molar-refractivity contribution in [3.8, 4) is 23.0 Å². The lowest BCUT2D eigenvalue weighted by Crippen LogP contribution is -2.35. The van der Waals surface area contributed by atoms with Crippen molar-refractivity contribution in [2.75, 3.05) is 13.2 Å². The highest BCUT2D eigenvalue weighted by Crippen LogP contribution is 2.35. The van der Waals surface area contributed by atoms with Crippen molar-refractivity contribution in [2.45, 2.75) is 13.8 Å². The number of phenolic OH excluding ortho intramolecular Hbond substituents is 2. The van der Waals surface area contributed by atoms with E-state index in [2.05, 4.69) is 10.2 Å². The third kappa shape index (κ3) is 6.76. The van der Waals surface area contributed by atoms with E-state index in [1.807, 2.05) is 10.9 Å². The van der Waals surface area contributed by atoms with E-state index in [4.69, 9.17) is 32.7 Å². The first-order valence-electron chi connectivity index (χ1n) is 9.23. The number of benzene rings is 2. The lowest BCUT2D eigenvalue weighted by Gasteiger charge is -2.08. The molecule has 0 atom stereocenters. The first kappa shape index (κ1) is 24.8. The zero-order valence-electron chi connectivity index (χ0n) is 17.1. The van der Waals surface area contributed by atoms with Crippen LogP contribution in [-0.4, -0.2) is 47.7 Å². The van der Waals surface area contributed by atoms with Crippen molar-refractivity contribution >= 4 is 47.4 Å². The van der Waals surface area contributed by atoms with Crippen LogP contribution in [0, 0.1) is 0 Å². The molecule has 32 heavy (non-hydrogen) atoms. The summed E-state index contributed by atoms with van der Waals surface area (Å²) < 4.78 is 10.5. The number of ether oxygens (including phenoxy) is 2. The molecular weight excluding hydrogens is 463 g/mol. The van der Waals surface area contributed by atoms with E-state index in [1.165, 1.54) is 36.7 Å². The Hall–Kier alpha value is -3.50. The molecule has 0 saturated carbocycles. The van der Waals surface area contributed by atoms with Crippen molar-refractivity contribution in [3.63, 3.8) is 0 Å². The van der Waals surface area contributed by atoms with Gasteiger partial charge in [0.2, 0.25) is 0 Å². The molecule has 0 fully saturated rings. The fourth-order valence-electron chi connectivity index (χ4n) is 2.30. The predicted molar refractivity (Wildman–Crippen MR) is 120 cm³/mol. The summed E-state index contributed by atoms with van der Waals surface area (Å²) >= 11 is 11.8. The fraction of sp³-hybridized carbons (Fsp3) is 0.200. The quantitative estimate of drug-likeness (QED) is 0.259. The maximum absolute atomic E-state index is 11.8. The third-order valence-electron chi connectivity index (χ3n) is 3.67. The Morgan fingerprint density at radius 3 is 1.56 bits per heavy atom. The number of amides is 2. The summed E-state index contributed by atoms with van der Waals surface area (Å²) in [5.41, 5.74) is 4.90. The zero-order valence-corrected chi connectivity index (χ0v) is 18.6. The second-order valence-electron chi connectivity index (χ2n) is 5.96. The largest absolute Gasteiger partial charge is 0.503 e. The van der Waals surface area contributed by atoms with Crippen LogP contribution in [-0.2, 0) is 9.59 Å². The van der Waals surface area contributed by atoms with Gasteiger partial charge < -0.3 is 19.7 Å². The number of hydrazone groups is 2. The van der Waals surface area contributed by atoms with Gasteiger partial charge in [0, 0.05) is 0 Å². The van der Waals surface area contributed by atoms with Crippen LogP contribution in [0.25, 0.3) is 0 Å². The highest BCUT2D eigenvalue weighted by Gasteiger charge is 2.13. The van der Waals surface area contributed by atoms with Gasteiger partial charge in [-0.15, -0.1) is 0 Å². The van der Waals surface area contributed by atoms with Gasteiger partial charge in [-0.2, -0.15) is 10.2 Å². The van der Waals surface area contributed by atoms with Crippen LogP contribution in [0.2, 0.25) is 10.0 Å². The molecule has 0 spiro atoms. The van der Waals surface area contributed by atoms with Gasteiger partial charge in [-0.05, 0) is 49.2 Å². The van der Waals surface area contributed by atoms with Gasteiger partial charge in [-0.3, -0.25) is 9.59 Å². The number of nitrogens with zero attached hydrogens (tertiary/aromatic N) is 2. The molecule has 0 heterocycles.